The highest BCUT2D eigenvalue weighted by Crippen LogP contribution is 2.38. The zero-order valence-corrected chi connectivity index (χ0v) is 11.8. The van der Waals surface area contributed by atoms with Gasteiger partial charge in [-0.2, -0.15) is 5.26 Å². The fourth-order valence-electron chi connectivity index (χ4n) is 3.05. The standard InChI is InChI=1S/C18H23N/c1-2-3-4-7-16-8-5-6-9-18(16)17-12-10-15(14-19)11-13-17/h4,7,10-13,16,18H,2-3,5-6,8-9H2,1H3/t16-,18-/m1/s1. The molecule has 1 aromatic rings. The molecule has 0 aliphatic heterocycles. The molecule has 0 aromatic heterocycles. The highest BCUT2D eigenvalue weighted by molar-refractivity contribution is 5.33. The molecule has 1 aliphatic rings. The Hall–Kier alpha value is -1.55. The van der Waals surface area contributed by atoms with E-state index in [1.165, 1.54) is 44.1 Å². The van der Waals surface area contributed by atoms with Gasteiger partial charge in [0.25, 0.3) is 0 Å². The molecule has 1 aliphatic carbocycles. The van der Waals surface area contributed by atoms with Crippen LogP contribution in [0.5, 0.6) is 0 Å². The smallest absolute Gasteiger partial charge is 0.0991 e. The number of benzene rings is 1. The highest BCUT2D eigenvalue weighted by atomic mass is 14.3. The number of hydrogen-bond donors (Lipinski definition) is 0. The summed E-state index contributed by atoms with van der Waals surface area (Å²) in [6.45, 7) is 2.23. The molecule has 0 saturated heterocycles. The van der Waals surface area contributed by atoms with Crippen molar-refractivity contribution in [3.63, 3.8) is 0 Å². The molecule has 100 valence electrons. The van der Waals surface area contributed by atoms with Crippen LogP contribution in [0.3, 0.4) is 0 Å². The summed E-state index contributed by atoms with van der Waals surface area (Å²) >= 11 is 0. The van der Waals surface area contributed by atoms with Crippen molar-refractivity contribution in [2.75, 3.05) is 0 Å². The van der Waals surface area contributed by atoms with Crippen LogP contribution in [0.25, 0.3) is 0 Å². The minimum atomic E-state index is 0.648. The summed E-state index contributed by atoms with van der Waals surface area (Å²) in [4.78, 5) is 0. The summed E-state index contributed by atoms with van der Waals surface area (Å²) in [5, 5.41) is 8.87. The number of hydrogen-bond acceptors (Lipinski definition) is 1. The summed E-state index contributed by atoms with van der Waals surface area (Å²) in [6, 6.07) is 10.4. The molecule has 0 N–H and O–H groups in total. The molecule has 2 rings (SSSR count). The lowest BCUT2D eigenvalue weighted by Crippen LogP contribution is -2.15. The summed E-state index contributed by atoms with van der Waals surface area (Å²) in [7, 11) is 0. The maximum Gasteiger partial charge on any atom is 0.0991 e. The van der Waals surface area contributed by atoms with Crippen LogP contribution in [-0.4, -0.2) is 0 Å². The first-order valence-corrected chi connectivity index (χ1v) is 7.52. The van der Waals surface area contributed by atoms with E-state index in [-0.39, 0.29) is 0 Å². The molecule has 1 heteroatoms. The molecule has 1 saturated carbocycles. The van der Waals surface area contributed by atoms with Gasteiger partial charge in [-0.15, -0.1) is 0 Å². The first-order valence-electron chi connectivity index (χ1n) is 7.52. The van der Waals surface area contributed by atoms with Crippen molar-refractivity contribution in [2.45, 2.75) is 51.4 Å². The molecule has 0 bridgehead atoms. The normalized spacial score (nSPS) is 23.4. The minimum Gasteiger partial charge on any atom is -0.192 e. The van der Waals surface area contributed by atoms with Gasteiger partial charge in [0, 0.05) is 0 Å². The van der Waals surface area contributed by atoms with E-state index in [1.54, 1.807) is 0 Å². The maximum atomic E-state index is 8.87. The Morgan fingerprint density at radius 3 is 2.63 bits per heavy atom. The van der Waals surface area contributed by atoms with E-state index in [4.69, 9.17) is 5.26 Å². The third kappa shape index (κ3) is 3.70. The Morgan fingerprint density at radius 2 is 1.95 bits per heavy atom. The summed E-state index contributed by atoms with van der Waals surface area (Å²) in [5.74, 6) is 1.34. The van der Waals surface area contributed by atoms with Crippen molar-refractivity contribution in [1.29, 1.82) is 5.26 Å². The van der Waals surface area contributed by atoms with Gasteiger partial charge in [0.1, 0.15) is 0 Å². The van der Waals surface area contributed by atoms with Crippen LogP contribution in [-0.2, 0) is 0 Å². The second-order valence-electron chi connectivity index (χ2n) is 5.51. The monoisotopic (exact) mass is 253 g/mol. The SMILES string of the molecule is CCCC=C[C@@H]1CCCC[C@H]1c1ccc(C#N)cc1. The molecular formula is C18H23N. The van der Waals surface area contributed by atoms with Gasteiger partial charge in [-0.05, 0) is 48.8 Å². The number of allylic oxidation sites excluding steroid dienone is 2. The van der Waals surface area contributed by atoms with Crippen LogP contribution < -0.4 is 0 Å². The lowest BCUT2D eigenvalue weighted by Gasteiger charge is -2.30. The second kappa shape index (κ2) is 7.14. The largest absolute Gasteiger partial charge is 0.192 e. The first kappa shape index (κ1) is 13.9. The number of nitrogens with zero attached hydrogens (tertiary/aromatic N) is 1. The molecule has 1 aromatic carbocycles. The molecule has 1 nitrogen and oxygen atoms in total. The maximum absolute atomic E-state index is 8.87. The molecule has 0 spiro atoms. The fraction of sp³-hybridized carbons (Fsp3) is 0.500. The van der Waals surface area contributed by atoms with Gasteiger partial charge in [-0.25, -0.2) is 0 Å². The molecule has 1 fully saturated rings. The van der Waals surface area contributed by atoms with E-state index >= 15 is 0 Å². The van der Waals surface area contributed by atoms with E-state index in [2.05, 4.69) is 37.3 Å². The quantitative estimate of drug-likeness (QED) is 0.677. The lowest BCUT2D eigenvalue weighted by atomic mass is 9.75. The van der Waals surface area contributed by atoms with Crippen molar-refractivity contribution in [3.8, 4) is 6.07 Å². The zero-order valence-electron chi connectivity index (χ0n) is 11.8. The van der Waals surface area contributed by atoms with Gasteiger partial charge in [0.15, 0.2) is 0 Å². The molecule has 0 amide bonds. The van der Waals surface area contributed by atoms with Crippen LogP contribution in [0.15, 0.2) is 36.4 Å². The van der Waals surface area contributed by atoms with Gasteiger partial charge in [0.05, 0.1) is 11.6 Å². The molecule has 0 radical (unpaired) electrons. The van der Waals surface area contributed by atoms with Gasteiger partial charge in [-0.1, -0.05) is 50.5 Å². The van der Waals surface area contributed by atoms with Crippen LogP contribution in [0.1, 0.15) is 62.5 Å². The number of rotatable bonds is 4. The van der Waals surface area contributed by atoms with E-state index in [0.29, 0.717) is 11.8 Å². The van der Waals surface area contributed by atoms with Gasteiger partial charge in [-0.3, -0.25) is 0 Å². The van der Waals surface area contributed by atoms with Gasteiger partial charge < -0.3 is 0 Å². The van der Waals surface area contributed by atoms with Crippen LogP contribution in [0.4, 0.5) is 0 Å². The summed E-state index contributed by atoms with van der Waals surface area (Å²) in [6.07, 6.45) is 12.5. The van der Waals surface area contributed by atoms with Crippen molar-refractivity contribution in [3.05, 3.63) is 47.5 Å². The van der Waals surface area contributed by atoms with E-state index in [0.717, 1.165) is 5.56 Å². The van der Waals surface area contributed by atoms with Crippen LogP contribution in [0.2, 0.25) is 0 Å². The highest BCUT2D eigenvalue weighted by Gasteiger charge is 2.24. The topological polar surface area (TPSA) is 23.8 Å². The molecule has 19 heavy (non-hydrogen) atoms. The molecular weight excluding hydrogens is 230 g/mol. The van der Waals surface area contributed by atoms with Crippen molar-refractivity contribution in [2.24, 2.45) is 5.92 Å². The predicted molar refractivity (Wildman–Crippen MR) is 79.9 cm³/mol. The molecule has 0 unspecified atom stereocenters. The first-order chi connectivity index (χ1) is 9.35. The Labute approximate surface area is 117 Å². The Bertz CT molecular complexity index is 450. The lowest BCUT2D eigenvalue weighted by molar-refractivity contribution is 0.361. The van der Waals surface area contributed by atoms with E-state index in [9.17, 15) is 0 Å². The minimum absolute atomic E-state index is 0.648. The fourth-order valence-corrected chi connectivity index (χ4v) is 3.05. The van der Waals surface area contributed by atoms with Crippen molar-refractivity contribution < 1.29 is 0 Å². The third-order valence-electron chi connectivity index (χ3n) is 4.13. The Morgan fingerprint density at radius 1 is 1.21 bits per heavy atom. The average molecular weight is 253 g/mol. The van der Waals surface area contributed by atoms with E-state index < -0.39 is 0 Å². The van der Waals surface area contributed by atoms with Crippen molar-refractivity contribution >= 4 is 0 Å². The second-order valence-corrected chi connectivity index (χ2v) is 5.51. The van der Waals surface area contributed by atoms with Gasteiger partial charge in [0.2, 0.25) is 0 Å². The predicted octanol–water partition coefficient (Wildman–Crippen LogP) is 5.19. The van der Waals surface area contributed by atoms with Crippen LogP contribution >= 0.6 is 0 Å². The number of nitriles is 1. The van der Waals surface area contributed by atoms with Crippen molar-refractivity contribution in [1.82, 2.24) is 0 Å². The molecule has 2 atom stereocenters. The number of unbranched alkanes of at least 4 members (excludes halogenated alkanes) is 1. The average Bonchev–Trinajstić information content (AvgIpc) is 2.48. The molecule has 0 heterocycles. The Kier molecular flexibility index (Phi) is 5.21. The van der Waals surface area contributed by atoms with E-state index in [1.807, 2.05) is 12.1 Å². The third-order valence-corrected chi connectivity index (χ3v) is 4.13. The summed E-state index contributed by atoms with van der Waals surface area (Å²) < 4.78 is 0. The summed E-state index contributed by atoms with van der Waals surface area (Å²) in [5.41, 5.74) is 2.17. The van der Waals surface area contributed by atoms with Crippen LogP contribution in [0, 0.1) is 17.2 Å². The Balaban J connectivity index is 2.11. The zero-order chi connectivity index (χ0) is 13.5. The van der Waals surface area contributed by atoms with Gasteiger partial charge >= 0.3 is 0 Å².